The number of alkyl halides is 9. The number of nitrogens with zero attached hydrogens (tertiary/aromatic N) is 4. The zero-order valence-electron chi connectivity index (χ0n) is 34.2. The SMILES string of the molecule is C.C.C.C.C1CC2CCC1C2.CCO.Cl.Nc1ccc(N2C3CCC2CC3)cc1C(F)(F)F.O=[N+]([O-])c1ccc(F)cc1C(F)(F)F.O=[N+]([O-])c1ccc(N2C3CCC2CC3)cc1C(F)(F)F. The molecule has 6 fully saturated rings. The Labute approximate surface area is 393 Å². The summed E-state index contributed by atoms with van der Waals surface area (Å²) < 4.78 is 126. The molecule has 3 aromatic rings. The average Bonchev–Trinajstić information content (AvgIpc) is 4.08. The molecule has 0 atom stereocenters. The molecule has 67 heavy (non-hydrogen) atoms. The summed E-state index contributed by atoms with van der Waals surface area (Å²) in [7, 11) is 0. The fraction of sp³-hybridized carbons (Fsp3) is 0.609. The van der Waals surface area contributed by atoms with Crippen molar-refractivity contribution in [2.45, 2.75) is 163 Å². The van der Waals surface area contributed by atoms with Gasteiger partial charge in [0.2, 0.25) is 0 Å². The Kier molecular flexibility index (Phi) is 23.9. The minimum atomic E-state index is -4.93. The number of aliphatic hydroxyl groups excluding tert-OH is 1. The highest BCUT2D eigenvalue weighted by atomic mass is 35.5. The third-order valence-corrected chi connectivity index (χ3v) is 12.4. The van der Waals surface area contributed by atoms with Gasteiger partial charge in [-0.05, 0) is 119 Å². The van der Waals surface area contributed by atoms with Gasteiger partial charge in [-0.25, -0.2) is 4.39 Å². The van der Waals surface area contributed by atoms with Crippen molar-refractivity contribution in [2.24, 2.45) is 11.8 Å². The maximum absolute atomic E-state index is 13.0. The van der Waals surface area contributed by atoms with Crippen LogP contribution in [0.4, 0.5) is 72.3 Å². The van der Waals surface area contributed by atoms with E-state index in [4.69, 9.17) is 10.8 Å². The predicted octanol–water partition coefficient (Wildman–Crippen LogP) is 15.1. The van der Waals surface area contributed by atoms with Crippen LogP contribution in [0, 0.1) is 37.9 Å². The van der Waals surface area contributed by atoms with E-state index in [9.17, 15) is 64.1 Å². The number of benzene rings is 3. The van der Waals surface area contributed by atoms with Crippen LogP contribution in [0.25, 0.3) is 0 Å². The lowest BCUT2D eigenvalue weighted by atomic mass is 10.0. The number of anilines is 3. The molecule has 4 heterocycles. The zero-order chi connectivity index (χ0) is 45.7. The van der Waals surface area contributed by atoms with Gasteiger partial charge in [-0.2, -0.15) is 39.5 Å². The molecule has 4 aliphatic heterocycles. The second-order valence-corrected chi connectivity index (χ2v) is 16.3. The molecule has 10 nitrogen and oxygen atoms in total. The van der Waals surface area contributed by atoms with Crippen molar-refractivity contribution in [3.05, 3.63) is 97.3 Å². The molecule has 0 radical (unpaired) electrons. The van der Waals surface area contributed by atoms with E-state index < -0.39 is 62.3 Å². The van der Waals surface area contributed by atoms with Gasteiger partial charge >= 0.3 is 18.5 Å². The lowest BCUT2D eigenvalue weighted by Gasteiger charge is -2.25. The summed E-state index contributed by atoms with van der Waals surface area (Å²) in [6.07, 6.45) is 2.14. The third kappa shape index (κ3) is 15.5. The number of fused-ring (bicyclic) bond motifs is 6. The van der Waals surface area contributed by atoms with Crippen molar-refractivity contribution in [3.63, 3.8) is 0 Å². The number of aliphatic hydroxyl groups is 1. The monoisotopic (exact) mass is 993 g/mol. The highest BCUT2D eigenvalue weighted by Gasteiger charge is 2.44. The van der Waals surface area contributed by atoms with Gasteiger partial charge in [0.25, 0.3) is 11.4 Å². The van der Waals surface area contributed by atoms with E-state index in [-0.39, 0.29) is 72.6 Å². The van der Waals surface area contributed by atoms with Crippen molar-refractivity contribution in [3.8, 4) is 0 Å². The Morgan fingerprint density at radius 2 is 0.866 bits per heavy atom. The average molecular weight is 994 g/mol. The molecule has 4 saturated heterocycles. The number of halogens is 11. The highest BCUT2D eigenvalue weighted by Crippen LogP contribution is 2.46. The summed E-state index contributed by atoms with van der Waals surface area (Å²) in [5.74, 6) is 1.18. The quantitative estimate of drug-likeness (QED) is 0.114. The van der Waals surface area contributed by atoms with Crippen molar-refractivity contribution >= 4 is 40.8 Å². The van der Waals surface area contributed by atoms with E-state index in [1.54, 1.807) is 45.1 Å². The summed E-state index contributed by atoms with van der Waals surface area (Å²) in [5, 5.41) is 28.5. The van der Waals surface area contributed by atoms with Crippen molar-refractivity contribution in [1.29, 1.82) is 0 Å². The highest BCUT2D eigenvalue weighted by molar-refractivity contribution is 5.85. The van der Waals surface area contributed by atoms with Crippen LogP contribution in [0.5, 0.6) is 0 Å². The number of nitro groups is 2. The van der Waals surface area contributed by atoms with Crippen LogP contribution in [0.3, 0.4) is 0 Å². The largest absolute Gasteiger partial charge is 0.423 e. The smallest absolute Gasteiger partial charge is 0.398 e. The first kappa shape index (κ1) is 62.4. The molecular weight excluding hydrogens is 928 g/mol. The lowest BCUT2D eigenvalue weighted by Crippen LogP contribution is -2.28. The number of hydrogen-bond donors (Lipinski definition) is 2. The molecule has 0 aromatic heterocycles. The van der Waals surface area contributed by atoms with Crippen LogP contribution in [0.2, 0.25) is 0 Å². The molecule has 6 bridgehead atoms. The van der Waals surface area contributed by atoms with Gasteiger partial charge in [-0.15, -0.1) is 12.4 Å². The van der Waals surface area contributed by atoms with Crippen LogP contribution < -0.4 is 15.5 Å². The Morgan fingerprint density at radius 1 is 0.567 bits per heavy atom. The molecule has 0 spiro atoms. The van der Waals surface area contributed by atoms with E-state index in [0.29, 0.717) is 35.6 Å². The molecular formula is C46H66ClF10N5O5. The number of nitrogens with two attached hydrogens (primary N) is 1. The Balaban J connectivity index is 0.000000861. The summed E-state index contributed by atoms with van der Waals surface area (Å²) >= 11 is 0. The predicted molar refractivity (Wildman–Crippen MR) is 246 cm³/mol. The van der Waals surface area contributed by atoms with Gasteiger partial charge in [0, 0.05) is 60.0 Å². The molecule has 21 heteroatoms. The molecule has 0 amide bonds. The van der Waals surface area contributed by atoms with E-state index >= 15 is 0 Å². The van der Waals surface area contributed by atoms with Crippen LogP contribution in [-0.2, 0) is 18.5 Å². The second-order valence-electron chi connectivity index (χ2n) is 16.3. The second kappa shape index (κ2) is 25.7. The Bertz CT molecular complexity index is 1980. The van der Waals surface area contributed by atoms with E-state index in [2.05, 4.69) is 4.90 Å². The van der Waals surface area contributed by atoms with Gasteiger partial charge in [0.1, 0.15) is 16.9 Å². The fourth-order valence-corrected chi connectivity index (χ4v) is 9.76. The van der Waals surface area contributed by atoms with Gasteiger partial charge in [-0.3, -0.25) is 20.2 Å². The summed E-state index contributed by atoms with van der Waals surface area (Å²) in [6.45, 7) is 1.93. The number of hydrogen-bond acceptors (Lipinski definition) is 8. The summed E-state index contributed by atoms with van der Waals surface area (Å²) in [4.78, 5) is 22.9. The van der Waals surface area contributed by atoms with Crippen molar-refractivity contribution in [1.82, 2.24) is 0 Å². The number of nitrogen functional groups attached to an aromatic ring is 1. The Morgan fingerprint density at radius 3 is 1.16 bits per heavy atom. The van der Waals surface area contributed by atoms with Gasteiger partial charge in [-0.1, -0.05) is 55.4 Å². The minimum Gasteiger partial charge on any atom is -0.398 e. The summed E-state index contributed by atoms with van der Waals surface area (Å²) in [5.41, 5.74) is 0.850. The maximum atomic E-state index is 13.0. The first-order chi connectivity index (χ1) is 29.0. The normalized spacial score (nSPS) is 22.4. The molecule has 3 N–H and O–H groups in total. The molecule has 9 rings (SSSR count). The van der Waals surface area contributed by atoms with Gasteiger partial charge in [0.15, 0.2) is 0 Å². The minimum absolute atomic E-state index is 0. The first-order valence-electron chi connectivity index (χ1n) is 20.5. The van der Waals surface area contributed by atoms with Crippen LogP contribution in [0.15, 0.2) is 54.6 Å². The van der Waals surface area contributed by atoms with Crippen molar-refractivity contribution < 1.29 is 58.9 Å². The molecule has 2 aliphatic carbocycles. The molecule has 0 unspecified atom stereocenters. The number of nitro benzene ring substituents is 2. The maximum Gasteiger partial charge on any atom is 0.423 e. The standard InChI is InChI=1S/C13H13F3N2O2.C13H15F3N2.C7H3F4NO2.C7H12.C2H6O.4CH4.ClH/c14-13(15,16)11-7-10(5-6-12(11)18(19)20)17-8-1-2-9(17)4-3-8;14-13(15,16)11-7-10(5-6-12(11)17)18-8-1-2-9(18)4-3-8;8-4-1-2-6(12(13)14)5(3-4)7(9,10)11;1-2-7-4-3-6(1)5-7;1-2-3;;;;;/h5-9H,1-4H2;5-9H,1-4,17H2;1-3H;6-7H,1-5H2;3H,2H2,1H3;4*1H4;1H. The van der Waals surface area contributed by atoms with Crippen LogP contribution >= 0.6 is 12.4 Å². The lowest BCUT2D eigenvalue weighted by molar-refractivity contribution is -0.388. The molecule has 2 saturated carbocycles. The molecule has 6 aliphatic rings. The fourth-order valence-electron chi connectivity index (χ4n) is 9.76. The van der Waals surface area contributed by atoms with Gasteiger partial charge in [0.05, 0.1) is 15.4 Å². The Hall–Kier alpha value is -4.59. The van der Waals surface area contributed by atoms with Crippen LogP contribution in [-0.4, -0.2) is 45.7 Å². The topological polar surface area (TPSA) is 139 Å². The molecule has 3 aromatic carbocycles. The zero-order valence-corrected chi connectivity index (χ0v) is 35.0. The van der Waals surface area contributed by atoms with E-state index in [1.165, 1.54) is 30.0 Å². The van der Waals surface area contributed by atoms with Gasteiger partial charge < -0.3 is 20.6 Å². The number of rotatable bonds is 4. The van der Waals surface area contributed by atoms with Crippen molar-refractivity contribution in [2.75, 3.05) is 22.1 Å². The molecule has 382 valence electrons. The van der Waals surface area contributed by atoms with E-state index in [1.807, 2.05) is 4.90 Å². The summed E-state index contributed by atoms with van der Waals surface area (Å²) in [6, 6.07) is 10.2. The van der Waals surface area contributed by atoms with E-state index in [0.717, 1.165) is 63.5 Å². The first-order valence-corrected chi connectivity index (χ1v) is 20.5. The third-order valence-electron chi connectivity index (χ3n) is 12.4. The van der Waals surface area contributed by atoms with Crippen LogP contribution in [0.1, 0.15) is 137 Å².